The van der Waals surface area contributed by atoms with Crippen molar-refractivity contribution >= 4 is 21.6 Å². The van der Waals surface area contributed by atoms with Crippen molar-refractivity contribution in [3.63, 3.8) is 0 Å². The number of carbonyl (C=O) groups excluding carboxylic acids is 1. The van der Waals surface area contributed by atoms with Crippen LogP contribution in [-0.4, -0.2) is 87.1 Å². The second kappa shape index (κ2) is 15.4. The van der Waals surface area contributed by atoms with Gasteiger partial charge < -0.3 is 19.5 Å². The van der Waals surface area contributed by atoms with Crippen LogP contribution in [0.5, 0.6) is 5.75 Å². The Labute approximate surface area is 258 Å². The van der Waals surface area contributed by atoms with Crippen LogP contribution in [0.4, 0.5) is 18.9 Å². The third kappa shape index (κ3) is 10.6. The average molecular weight is 644 g/mol. The van der Waals surface area contributed by atoms with E-state index in [1.165, 1.54) is 18.2 Å². The van der Waals surface area contributed by atoms with Gasteiger partial charge in [-0.25, -0.2) is 8.42 Å². The number of anilines is 1. The van der Waals surface area contributed by atoms with E-state index in [2.05, 4.69) is 4.72 Å². The Bertz CT molecular complexity index is 1340. The van der Waals surface area contributed by atoms with Crippen molar-refractivity contribution in [2.24, 2.45) is 5.92 Å². The van der Waals surface area contributed by atoms with Gasteiger partial charge in [-0.05, 0) is 76.1 Å². The monoisotopic (exact) mass is 643 g/mol. The molecule has 9 nitrogen and oxygen atoms in total. The number of sulfonamides is 1. The summed E-state index contributed by atoms with van der Waals surface area (Å²) in [5.41, 5.74) is 0.415. The van der Waals surface area contributed by atoms with Gasteiger partial charge in [0.25, 0.3) is 5.91 Å². The highest BCUT2D eigenvalue weighted by Gasteiger charge is 2.31. The smallest absolute Gasteiger partial charge is 0.416 e. The van der Waals surface area contributed by atoms with E-state index in [9.17, 15) is 31.5 Å². The molecule has 0 radical (unpaired) electrons. The number of fused-ring (bicyclic) bond motifs is 1. The highest BCUT2D eigenvalue weighted by molar-refractivity contribution is 7.92. The summed E-state index contributed by atoms with van der Waals surface area (Å²) in [6, 6.07) is 9.08. The Hall–Kier alpha value is -2.87. The van der Waals surface area contributed by atoms with Crippen LogP contribution in [-0.2, 0) is 27.5 Å². The molecule has 0 unspecified atom stereocenters. The van der Waals surface area contributed by atoms with E-state index in [4.69, 9.17) is 9.47 Å². The van der Waals surface area contributed by atoms with E-state index < -0.39 is 33.7 Å². The molecule has 2 N–H and O–H groups in total. The predicted molar refractivity (Wildman–Crippen MR) is 163 cm³/mol. The number of carbonyl (C=O) groups is 1. The Morgan fingerprint density at radius 3 is 2.43 bits per heavy atom. The first-order chi connectivity index (χ1) is 20.6. The largest absolute Gasteiger partial charge is 0.490 e. The molecule has 0 saturated heterocycles. The first kappa shape index (κ1) is 35.6. The maximum Gasteiger partial charge on any atom is 0.416 e. The summed E-state index contributed by atoms with van der Waals surface area (Å²) in [4.78, 5) is 17.6. The number of rotatable bonds is 8. The zero-order valence-corrected chi connectivity index (χ0v) is 26.7. The van der Waals surface area contributed by atoms with Crippen LogP contribution in [0.3, 0.4) is 0 Å². The van der Waals surface area contributed by atoms with Crippen molar-refractivity contribution in [1.82, 2.24) is 9.80 Å². The summed E-state index contributed by atoms with van der Waals surface area (Å²) in [7, 11) is -1.74. The highest BCUT2D eigenvalue weighted by Crippen LogP contribution is 2.30. The van der Waals surface area contributed by atoms with E-state index in [1.54, 1.807) is 24.0 Å². The first-order valence-corrected chi connectivity index (χ1v) is 16.6. The number of hydrogen-bond donors (Lipinski definition) is 2. The van der Waals surface area contributed by atoms with Crippen LogP contribution in [0.25, 0.3) is 0 Å². The normalized spacial score (nSPS) is 21.7. The van der Waals surface area contributed by atoms with Gasteiger partial charge >= 0.3 is 6.18 Å². The third-order valence-corrected chi connectivity index (χ3v) is 8.19. The summed E-state index contributed by atoms with van der Waals surface area (Å²) < 4.78 is 77.7. The van der Waals surface area contributed by atoms with E-state index in [0.29, 0.717) is 31.9 Å². The molecule has 2 aromatic rings. The molecule has 13 heteroatoms. The maximum absolute atomic E-state index is 14.1. The van der Waals surface area contributed by atoms with Crippen LogP contribution in [0.2, 0.25) is 0 Å². The number of nitrogens with one attached hydrogen (secondary N) is 1. The first-order valence-electron chi connectivity index (χ1n) is 14.7. The lowest BCUT2D eigenvalue weighted by Crippen LogP contribution is -2.47. The number of aliphatic hydroxyl groups excluding tert-OH is 1. The minimum atomic E-state index is -4.40. The molecule has 2 aromatic carbocycles. The molecule has 0 aliphatic carbocycles. The van der Waals surface area contributed by atoms with Crippen molar-refractivity contribution < 1.29 is 41.0 Å². The molecule has 0 aromatic heterocycles. The molecular formula is C31H44F3N3O6S. The lowest BCUT2D eigenvalue weighted by molar-refractivity contribution is -0.137. The molecule has 4 atom stereocenters. The number of aliphatic hydroxyl groups is 1. The number of halogens is 3. The van der Waals surface area contributed by atoms with Gasteiger partial charge in [-0.2, -0.15) is 13.2 Å². The number of alkyl halides is 3. The quantitative estimate of drug-likeness (QED) is 0.417. The molecule has 1 amide bonds. The van der Waals surface area contributed by atoms with Gasteiger partial charge in [-0.3, -0.25) is 14.4 Å². The number of nitrogens with zero attached hydrogens (tertiary/aromatic N) is 2. The Kier molecular flexibility index (Phi) is 12.5. The zero-order valence-electron chi connectivity index (χ0n) is 25.9. The van der Waals surface area contributed by atoms with E-state index in [-0.39, 0.29) is 42.5 Å². The maximum atomic E-state index is 14.1. The molecule has 1 aliphatic heterocycles. The predicted octanol–water partition coefficient (Wildman–Crippen LogP) is 5.00. The Morgan fingerprint density at radius 1 is 1.14 bits per heavy atom. The average Bonchev–Trinajstić information content (AvgIpc) is 2.93. The summed E-state index contributed by atoms with van der Waals surface area (Å²) in [6.45, 7) is 6.84. The lowest BCUT2D eigenvalue weighted by atomic mass is 10.0. The molecule has 1 aliphatic rings. The Balaban J connectivity index is 1.88. The van der Waals surface area contributed by atoms with Gasteiger partial charge in [-0.1, -0.05) is 19.1 Å². The van der Waals surface area contributed by atoms with Gasteiger partial charge in [0, 0.05) is 37.8 Å². The molecule has 44 heavy (non-hydrogen) atoms. The van der Waals surface area contributed by atoms with Crippen LogP contribution >= 0.6 is 0 Å². The second-order valence-corrected chi connectivity index (χ2v) is 13.5. The zero-order chi connectivity index (χ0) is 32.7. The van der Waals surface area contributed by atoms with Crippen molar-refractivity contribution in [1.29, 1.82) is 0 Å². The number of benzene rings is 2. The van der Waals surface area contributed by atoms with Gasteiger partial charge in [0.1, 0.15) is 5.75 Å². The number of likely N-dealkylation sites (N-methyl/N-ethyl adjacent to an activating group) is 1. The summed E-state index contributed by atoms with van der Waals surface area (Å²) >= 11 is 0. The molecule has 3 rings (SSSR count). The Morgan fingerprint density at radius 2 is 1.82 bits per heavy atom. The number of ether oxygens (including phenoxy) is 2. The number of hydrogen-bond acceptors (Lipinski definition) is 7. The summed E-state index contributed by atoms with van der Waals surface area (Å²) in [5, 5.41) is 10.1. The standard InChI is InChI=1S/C31H44F3N3O6S/c1-21-17-37(22(2)20-38)30(39)27-16-26(35-44(5,40)41)13-14-28(27)43-23(3)8-6-7-15-42-29(21)19-36(4)18-24-9-11-25(12-10-24)31(32,33)34/h9-14,16,21-23,29,35,38H,6-8,15,17-20H2,1-5H3/t21-,22+,23-,29-/m1/s1. The van der Waals surface area contributed by atoms with Crippen LogP contribution in [0.15, 0.2) is 42.5 Å². The summed E-state index contributed by atoms with van der Waals surface area (Å²) in [6.07, 6.45) is -1.64. The fraction of sp³-hybridized carbons (Fsp3) is 0.581. The van der Waals surface area contributed by atoms with Crippen LogP contribution < -0.4 is 9.46 Å². The fourth-order valence-electron chi connectivity index (χ4n) is 5.15. The molecule has 1 heterocycles. The van der Waals surface area contributed by atoms with Gasteiger partial charge in [-0.15, -0.1) is 0 Å². The SMILES string of the molecule is C[C@@H]1CCCCO[C@H](CN(C)Cc2ccc(C(F)(F)F)cc2)[C@H](C)CN([C@@H](C)CO)C(=O)c2cc(NS(C)(=O)=O)ccc2O1. The fourth-order valence-corrected chi connectivity index (χ4v) is 5.70. The van der Waals surface area contributed by atoms with Crippen LogP contribution in [0.1, 0.15) is 61.5 Å². The van der Waals surface area contributed by atoms with E-state index in [0.717, 1.165) is 36.8 Å². The van der Waals surface area contributed by atoms with E-state index >= 15 is 0 Å². The van der Waals surface area contributed by atoms with Gasteiger partial charge in [0.2, 0.25) is 10.0 Å². The van der Waals surface area contributed by atoms with Crippen molar-refractivity contribution in [2.75, 3.05) is 44.3 Å². The molecule has 0 bridgehead atoms. The molecule has 0 spiro atoms. The van der Waals surface area contributed by atoms with Gasteiger partial charge in [0.05, 0.1) is 42.2 Å². The number of amides is 1. The van der Waals surface area contributed by atoms with Crippen molar-refractivity contribution in [3.05, 3.63) is 59.2 Å². The molecule has 246 valence electrons. The minimum Gasteiger partial charge on any atom is -0.490 e. The highest BCUT2D eigenvalue weighted by atomic mass is 32.2. The molecular weight excluding hydrogens is 599 g/mol. The lowest BCUT2D eigenvalue weighted by Gasteiger charge is -2.36. The molecule has 0 saturated carbocycles. The van der Waals surface area contributed by atoms with Crippen molar-refractivity contribution in [3.8, 4) is 5.75 Å². The third-order valence-electron chi connectivity index (χ3n) is 7.58. The van der Waals surface area contributed by atoms with E-state index in [1.807, 2.05) is 25.8 Å². The minimum absolute atomic E-state index is 0.173. The van der Waals surface area contributed by atoms with Crippen molar-refractivity contribution in [2.45, 2.75) is 71.0 Å². The topological polar surface area (TPSA) is 108 Å². The second-order valence-electron chi connectivity index (χ2n) is 11.8. The van der Waals surface area contributed by atoms with Gasteiger partial charge in [0.15, 0.2) is 0 Å². The molecule has 0 fully saturated rings. The van der Waals surface area contributed by atoms with Crippen LogP contribution in [0, 0.1) is 5.92 Å². The summed E-state index contributed by atoms with van der Waals surface area (Å²) in [5.74, 6) is -0.302.